The van der Waals surface area contributed by atoms with Crippen LogP contribution in [-0.4, -0.2) is 9.91 Å². The summed E-state index contributed by atoms with van der Waals surface area (Å²) >= 11 is 5.13. The van der Waals surface area contributed by atoms with E-state index in [2.05, 4.69) is 15.9 Å². The number of fused-ring (bicyclic) bond motifs is 1. The average Bonchev–Trinajstić information content (AvgIpc) is 3.11. The summed E-state index contributed by atoms with van der Waals surface area (Å²) in [6.45, 7) is 0.317. The third kappa shape index (κ3) is 3.84. The Bertz CT molecular complexity index is 1090. The lowest BCUT2D eigenvalue weighted by Crippen LogP contribution is -1.97. The Kier molecular flexibility index (Phi) is 4.87. The first-order valence-corrected chi connectivity index (χ1v) is 9.73. The lowest BCUT2D eigenvalue weighted by atomic mass is 10.2. The van der Waals surface area contributed by atoms with Gasteiger partial charge in [0.15, 0.2) is 0 Å². The molecule has 0 spiro atoms. The summed E-state index contributed by atoms with van der Waals surface area (Å²) in [5, 5.41) is 11.6. The number of nitrogens with zero attached hydrogens (tertiary/aromatic N) is 2. The third-order valence-electron chi connectivity index (χ3n) is 4.01. The minimum Gasteiger partial charge on any atom is -0.488 e. The van der Waals surface area contributed by atoms with Crippen LogP contribution in [0, 0.1) is 10.1 Å². The molecule has 0 unspecified atom stereocenters. The van der Waals surface area contributed by atoms with Crippen LogP contribution in [0.1, 0.15) is 5.56 Å². The van der Waals surface area contributed by atoms with Gasteiger partial charge in [0.05, 0.1) is 20.7 Å². The third-order valence-corrected chi connectivity index (χ3v) is 5.57. The Hall–Kier alpha value is -2.77. The Balaban J connectivity index is 1.62. The summed E-state index contributed by atoms with van der Waals surface area (Å²) in [5.74, 6) is 0.718. The molecule has 0 fully saturated rings. The first kappa shape index (κ1) is 17.6. The number of halogens is 1. The maximum absolute atomic E-state index is 10.8. The van der Waals surface area contributed by atoms with Crippen LogP contribution in [0.3, 0.4) is 0 Å². The quantitative estimate of drug-likeness (QED) is 0.273. The van der Waals surface area contributed by atoms with Crippen molar-refractivity contribution in [2.24, 2.45) is 0 Å². The number of nitro groups is 1. The summed E-state index contributed by atoms with van der Waals surface area (Å²) in [5.41, 5.74) is 2.79. The monoisotopic (exact) mass is 440 g/mol. The van der Waals surface area contributed by atoms with Gasteiger partial charge >= 0.3 is 0 Å². The van der Waals surface area contributed by atoms with E-state index in [-0.39, 0.29) is 5.69 Å². The molecule has 0 amide bonds. The number of thiazole rings is 1. The molecule has 0 aliphatic rings. The van der Waals surface area contributed by atoms with Crippen LogP contribution in [0.25, 0.3) is 20.8 Å². The fourth-order valence-corrected chi connectivity index (χ4v) is 4.01. The van der Waals surface area contributed by atoms with Crippen molar-refractivity contribution in [1.29, 1.82) is 0 Å². The topological polar surface area (TPSA) is 65.3 Å². The van der Waals surface area contributed by atoms with E-state index >= 15 is 0 Å². The predicted octanol–water partition coefficient (Wildman–Crippen LogP) is 6.21. The number of rotatable bonds is 5. The summed E-state index contributed by atoms with van der Waals surface area (Å²) in [7, 11) is 0. The maximum Gasteiger partial charge on any atom is 0.269 e. The molecular formula is C20H13BrN2O3S. The molecule has 0 saturated carbocycles. The number of nitro benzene ring substituents is 1. The van der Waals surface area contributed by atoms with Crippen LogP contribution in [-0.2, 0) is 6.61 Å². The van der Waals surface area contributed by atoms with E-state index in [1.807, 2.05) is 42.5 Å². The summed E-state index contributed by atoms with van der Waals surface area (Å²) in [6.07, 6.45) is 0. The van der Waals surface area contributed by atoms with Crippen LogP contribution in [0.4, 0.5) is 5.69 Å². The molecule has 5 nitrogen and oxygen atoms in total. The molecule has 27 heavy (non-hydrogen) atoms. The molecule has 0 radical (unpaired) electrons. The molecule has 0 N–H and O–H groups in total. The molecule has 7 heteroatoms. The van der Waals surface area contributed by atoms with Crippen molar-refractivity contribution < 1.29 is 9.66 Å². The fourth-order valence-electron chi connectivity index (χ4n) is 2.66. The zero-order valence-electron chi connectivity index (χ0n) is 14.0. The number of ether oxygens (including phenoxy) is 1. The largest absolute Gasteiger partial charge is 0.488 e. The van der Waals surface area contributed by atoms with Crippen LogP contribution >= 0.6 is 27.3 Å². The molecule has 4 aromatic rings. The standard InChI is InChI=1S/C20H13BrN2O3S/c21-14-7-10-18(26-12-13-5-8-15(9-6-13)23(24)25)16(11-14)20-22-17-3-1-2-4-19(17)27-20/h1-11H,12H2. The van der Waals surface area contributed by atoms with Gasteiger partial charge in [0.25, 0.3) is 5.69 Å². The second-order valence-corrected chi connectivity index (χ2v) is 7.79. The van der Waals surface area contributed by atoms with Gasteiger partial charge < -0.3 is 4.74 Å². The molecule has 0 aliphatic carbocycles. The van der Waals surface area contributed by atoms with Gasteiger partial charge in [0, 0.05) is 16.6 Å². The van der Waals surface area contributed by atoms with Gasteiger partial charge in [-0.1, -0.05) is 28.1 Å². The number of benzene rings is 3. The second kappa shape index (κ2) is 7.46. The Morgan fingerprint density at radius 1 is 1.07 bits per heavy atom. The van der Waals surface area contributed by atoms with Gasteiger partial charge in [-0.25, -0.2) is 4.98 Å². The van der Waals surface area contributed by atoms with Crippen molar-refractivity contribution in [3.8, 4) is 16.3 Å². The normalized spacial score (nSPS) is 10.9. The molecule has 3 aromatic carbocycles. The summed E-state index contributed by atoms with van der Waals surface area (Å²) in [4.78, 5) is 15.1. The van der Waals surface area contributed by atoms with E-state index in [1.54, 1.807) is 23.5 Å². The zero-order valence-corrected chi connectivity index (χ0v) is 16.4. The van der Waals surface area contributed by atoms with E-state index in [1.165, 1.54) is 12.1 Å². The van der Waals surface area contributed by atoms with Crippen molar-refractivity contribution >= 4 is 43.2 Å². The Morgan fingerprint density at radius 3 is 2.59 bits per heavy atom. The van der Waals surface area contributed by atoms with Crippen molar-refractivity contribution in [1.82, 2.24) is 4.98 Å². The van der Waals surface area contributed by atoms with Crippen LogP contribution in [0.15, 0.2) is 71.2 Å². The zero-order chi connectivity index (χ0) is 18.8. The molecule has 4 rings (SSSR count). The van der Waals surface area contributed by atoms with Crippen LogP contribution in [0.2, 0.25) is 0 Å². The number of non-ortho nitro benzene ring substituents is 1. The molecule has 1 heterocycles. The lowest BCUT2D eigenvalue weighted by Gasteiger charge is -2.10. The molecule has 134 valence electrons. The van der Waals surface area contributed by atoms with Crippen molar-refractivity contribution in [3.05, 3.63) is 86.9 Å². The van der Waals surface area contributed by atoms with Gasteiger partial charge in [0.1, 0.15) is 17.4 Å². The smallest absolute Gasteiger partial charge is 0.269 e. The highest BCUT2D eigenvalue weighted by atomic mass is 79.9. The Labute approximate surface area is 167 Å². The SMILES string of the molecule is O=[N+]([O-])c1ccc(COc2ccc(Br)cc2-c2nc3ccccc3s2)cc1. The Morgan fingerprint density at radius 2 is 1.85 bits per heavy atom. The average molecular weight is 441 g/mol. The van der Waals surface area contributed by atoms with Crippen LogP contribution in [0.5, 0.6) is 5.75 Å². The minimum atomic E-state index is -0.412. The second-order valence-electron chi connectivity index (χ2n) is 5.84. The van der Waals surface area contributed by atoms with Crippen molar-refractivity contribution in [2.75, 3.05) is 0 Å². The molecule has 1 aromatic heterocycles. The number of aromatic nitrogens is 1. The van der Waals surface area contributed by atoms with Gasteiger partial charge in [-0.05, 0) is 48.0 Å². The maximum atomic E-state index is 10.8. The van der Waals surface area contributed by atoms with Crippen molar-refractivity contribution in [2.45, 2.75) is 6.61 Å². The van der Waals surface area contributed by atoms with Gasteiger partial charge in [-0.15, -0.1) is 11.3 Å². The van der Waals surface area contributed by atoms with E-state index in [0.717, 1.165) is 36.6 Å². The van der Waals surface area contributed by atoms with Gasteiger partial charge in [0.2, 0.25) is 0 Å². The van der Waals surface area contributed by atoms with Gasteiger partial charge in [-0.2, -0.15) is 0 Å². The molecule has 0 saturated heterocycles. The molecule has 0 bridgehead atoms. The van der Waals surface area contributed by atoms with Gasteiger partial charge in [-0.3, -0.25) is 10.1 Å². The number of hydrogen-bond acceptors (Lipinski definition) is 5. The van der Waals surface area contributed by atoms with E-state index in [9.17, 15) is 10.1 Å². The summed E-state index contributed by atoms with van der Waals surface area (Å²) < 4.78 is 8.07. The van der Waals surface area contributed by atoms with E-state index < -0.39 is 4.92 Å². The minimum absolute atomic E-state index is 0.0672. The molecular weight excluding hydrogens is 428 g/mol. The van der Waals surface area contributed by atoms with Crippen molar-refractivity contribution in [3.63, 3.8) is 0 Å². The van der Waals surface area contributed by atoms with Crippen LogP contribution < -0.4 is 4.74 Å². The first-order valence-electron chi connectivity index (χ1n) is 8.12. The highest BCUT2D eigenvalue weighted by molar-refractivity contribution is 9.10. The molecule has 0 aliphatic heterocycles. The highest BCUT2D eigenvalue weighted by Crippen LogP contribution is 2.37. The number of para-hydroxylation sites is 1. The molecule has 0 atom stereocenters. The fraction of sp³-hybridized carbons (Fsp3) is 0.0500. The summed E-state index contributed by atoms with van der Waals surface area (Å²) in [6, 6.07) is 20.2. The highest BCUT2D eigenvalue weighted by Gasteiger charge is 2.13. The predicted molar refractivity (Wildman–Crippen MR) is 110 cm³/mol. The van der Waals surface area contributed by atoms with E-state index in [4.69, 9.17) is 9.72 Å². The van der Waals surface area contributed by atoms with E-state index in [0.29, 0.717) is 6.61 Å². The lowest BCUT2D eigenvalue weighted by molar-refractivity contribution is -0.384. The first-order chi connectivity index (χ1) is 13.1. The number of hydrogen-bond donors (Lipinski definition) is 0.